The Morgan fingerprint density at radius 3 is 2.43 bits per heavy atom. The highest BCUT2D eigenvalue weighted by Gasteiger charge is 2.23. The molecule has 3 aromatic carbocycles. The average Bonchev–Trinajstić information content (AvgIpc) is 3.36. The number of rotatable bonds is 8. The van der Waals surface area contributed by atoms with E-state index in [9.17, 15) is 4.79 Å². The van der Waals surface area contributed by atoms with Crippen LogP contribution in [-0.2, 0) is 13.1 Å². The minimum absolute atomic E-state index is 0.140. The molecule has 1 aliphatic heterocycles. The fourth-order valence-corrected chi connectivity index (χ4v) is 4.36. The van der Waals surface area contributed by atoms with Gasteiger partial charge in [0.05, 0.1) is 26.3 Å². The second kappa shape index (κ2) is 10.7. The maximum Gasteiger partial charge on any atom is 0.257 e. The van der Waals surface area contributed by atoms with E-state index in [0.717, 1.165) is 22.4 Å². The molecule has 4 aromatic rings. The van der Waals surface area contributed by atoms with E-state index in [-0.39, 0.29) is 5.91 Å². The Hall–Kier alpha value is -4.46. The molecule has 1 aromatic heterocycles. The minimum atomic E-state index is -0.140. The summed E-state index contributed by atoms with van der Waals surface area (Å²) in [6.45, 7) is 2.00. The fourth-order valence-electron chi connectivity index (χ4n) is 4.36. The van der Waals surface area contributed by atoms with Gasteiger partial charge in [-0.3, -0.25) is 9.48 Å². The predicted molar refractivity (Wildman–Crippen MR) is 140 cm³/mol. The molecule has 37 heavy (non-hydrogen) atoms. The van der Waals surface area contributed by atoms with Crippen LogP contribution in [0.25, 0.3) is 11.3 Å². The standard InChI is InChI=1S/C29H29N3O5/c1-31(17-21-9-11-25-27(15-21)37-14-13-36-25)29(33)23-19-32(18-20-7-5-4-6-8-20)30-28(23)22-10-12-24(34-2)26(16-22)35-3/h4-12,15-16,19H,13-14,17-18H2,1-3H3. The zero-order chi connectivity index (χ0) is 25.8. The summed E-state index contributed by atoms with van der Waals surface area (Å²) in [6, 6.07) is 21.3. The van der Waals surface area contributed by atoms with Crippen LogP contribution in [-0.4, -0.2) is 55.1 Å². The summed E-state index contributed by atoms with van der Waals surface area (Å²) in [5, 5.41) is 4.81. The minimum Gasteiger partial charge on any atom is -0.493 e. The van der Waals surface area contributed by atoms with Crippen molar-refractivity contribution in [2.45, 2.75) is 13.1 Å². The number of fused-ring (bicyclic) bond motifs is 1. The van der Waals surface area contributed by atoms with Crippen molar-refractivity contribution < 1.29 is 23.7 Å². The first kappa shape index (κ1) is 24.2. The van der Waals surface area contributed by atoms with Crippen LogP contribution >= 0.6 is 0 Å². The number of methoxy groups -OCH3 is 2. The van der Waals surface area contributed by atoms with Gasteiger partial charge in [-0.25, -0.2) is 0 Å². The molecule has 0 N–H and O–H groups in total. The van der Waals surface area contributed by atoms with Crippen LogP contribution in [0.5, 0.6) is 23.0 Å². The molecule has 0 unspecified atom stereocenters. The van der Waals surface area contributed by atoms with E-state index < -0.39 is 0 Å². The van der Waals surface area contributed by atoms with Gasteiger partial charge in [-0.2, -0.15) is 5.10 Å². The summed E-state index contributed by atoms with van der Waals surface area (Å²) in [4.78, 5) is 15.4. The van der Waals surface area contributed by atoms with Crippen molar-refractivity contribution in [3.05, 3.63) is 89.6 Å². The maximum atomic E-state index is 13.7. The first-order valence-corrected chi connectivity index (χ1v) is 12.0. The third kappa shape index (κ3) is 5.23. The van der Waals surface area contributed by atoms with Gasteiger partial charge in [0.15, 0.2) is 23.0 Å². The number of hydrogen-bond acceptors (Lipinski definition) is 6. The van der Waals surface area contributed by atoms with Crippen molar-refractivity contribution in [1.29, 1.82) is 0 Å². The van der Waals surface area contributed by atoms with Gasteiger partial charge in [-0.15, -0.1) is 0 Å². The second-order valence-electron chi connectivity index (χ2n) is 8.78. The molecule has 0 spiro atoms. The van der Waals surface area contributed by atoms with E-state index in [0.29, 0.717) is 54.8 Å². The van der Waals surface area contributed by atoms with Crippen LogP contribution < -0.4 is 18.9 Å². The van der Waals surface area contributed by atoms with Crippen molar-refractivity contribution in [2.24, 2.45) is 0 Å². The van der Waals surface area contributed by atoms with Gasteiger partial charge in [0.25, 0.3) is 5.91 Å². The van der Waals surface area contributed by atoms with Crippen LogP contribution in [0.1, 0.15) is 21.5 Å². The van der Waals surface area contributed by atoms with Gasteiger partial charge in [0, 0.05) is 25.4 Å². The molecule has 0 aliphatic carbocycles. The normalized spacial score (nSPS) is 12.2. The van der Waals surface area contributed by atoms with Gasteiger partial charge in [-0.05, 0) is 41.5 Å². The number of ether oxygens (including phenoxy) is 4. The molecule has 0 bridgehead atoms. The van der Waals surface area contributed by atoms with Crippen molar-refractivity contribution in [3.63, 3.8) is 0 Å². The summed E-state index contributed by atoms with van der Waals surface area (Å²) in [7, 11) is 4.96. The third-order valence-corrected chi connectivity index (χ3v) is 6.21. The lowest BCUT2D eigenvalue weighted by molar-refractivity contribution is 0.0785. The third-order valence-electron chi connectivity index (χ3n) is 6.21. The van der Waals surface area contributed by atoms with Crippen LogP contribution in [0.3, 0.4) is 0 Å². The van der Waals surface area contributed by atoms with Gasteiger partial charge in [0.1, 0.15) is 18.9 Å². The Balaban J connectivity index is 1.47. The molecule has 0 radical (unpaired) electrons. The Morgan fingerprint density at radius 2 is 1.68 bits per heavy atom. The first-order valence-electron chi connectivity index (χ1n) is 12.0. The molecular weight excluding hydrogens is 470 g/mol. The molecule has 190 valence electrons. The van der Waals surface area contributed by atoms with Crippen LogP contribution in [0.4, 0.5) is 0 Å². The number of nitrogens with zero attached hydrogens (tertiary/aromatic N) is 3. The number of aromatic nitrogens is 2. The van der Waals surface area contributed by atoms with E-state index in [1.54, 1.807) is 30.8 Å². The number of hydrogen-bond donors (Lipinski definition) is 0. The lowest BCUT2D eigenvalue weighted by Crippen LogP contribution is -2.26. The lowest BCUT2D eigenvalue weighted by atomic mass is 10.1. The molecule has 1 aliphatic rings. The van der Waals surface area contributed by atoms with Crippen LogP contribution in [0.15, 0.2) is 72.9 Å². The molecule has 8 nitrogen and oxygen atoms in total. The zero-order valence-corrected chi connectivity index (χ0v) is 21.1. The number of carbonyl (C=O) groups excluding carboxylic acids is 1. The van der Waals surface area contributed by atoms with Gasteiger partial charge in [0.2, 0.25) is 0 Å². The van der Waals surface area contributed by atoms with E-state index >= 15 is 0 Å². The Kier molecular flexibility index (Phi) is 6.98. The van der Waals surface area contributed by atoms with Crippen molar-refractivity contribution >= 4 is 5.91 Å². The van der Waals surface area contributed by atoms with E-state index in [2.05, 4.69) is 0 Å². The first-order chi connectivity index (χ1) is 18.1. The summed E-state index contributed by atoms with van der Waals surface area (Å²) < 4.78 is 24.0. The molecule has 0 saturated carbocycles. The van der Waals surface area contributed by atoms with E-state index in [1.165, 1.54) is 0 Å². The molecule has 1 amide bonds. The average molecular weight is 500 g/mol. The van der Waals surface area contributed by atoms with Crippen LogP contribution in [0, 0.1) is 0 Å². The van der Waals surface area contributed by atoms with Crippen molar-refractivity contribution in [1.82, 2.24) is 14.7 Å². The van der Waals surface area contributed by atoms with Gasteiger partial charge in [-0.1, -0.05) is 36.4 Å². The van der Waals surface area contributed by atoms with Gasteiger partial charge < -0.3 is 23.8 Å². The maximum absolute atomic E-state index is 13.7. The van der Waals surface area contributed by atoms with E-state index in [4.69, 9.17) is 24.0 Å². The van der Waals surface area contributed by atoms with Crippen molar-refractivity contribution in [2.75, 3.05) is 34.5 Å². The van der Waals surface area contributed by atoms with Gasteiger partial charge >= 0.3 is 0 Å². The number of amides is 1. The smallest absolute Gasteiger partial charge is 0.257 e. The molecule has 0 saturated heterocycles. The number of benzene rings is 3. The highest BCUT2D eigenvalue weighted by atomic mass is 16.6. The number of carbonyl (C=O) groups is 1. The highest BCUT2D eigenvalue weighted by molar-refractivity contribution is 5.99. The summed E-state index contributed by atoms with van der Waals surface area (Å²) in [5.41, 5.74) is 3.89. The van der Waals surface area contributed by atoms with Crippen LogP contribution in [0.2, 0.25) is 0 Å². The largest absolute Gasteiger partial charge is 0.493 e. The SMILES string of the molecule is COc1ccc(-c2nn(Cc3ccccc3)cc2C(=O)N(C)Cc2ccc3c(c2)OCCO3)cc1OC. The van der Waals surface area contributed by atoms with Crippen molar-refractivity contribution in [3.8, 4) is 34.3 Å². The molecule has 5 rings (SSSR count). The summed E-state index contributed by atoms with van der Waals surface area (Å²) in [6.07, 6.45) is 1.81. The monoisotopic (exact) mass is 499 g/mol. The summed E-state index contributed by atoms with van der Waals surface area (Å²) in [5.74, 6) is 2.46. The van der Waals surface area contributed by atoms with E-state index in [1.807, 2.05) is 72.9 Å². The molecular formula is C29H29N3O5. The molecule has 0 atom stereocenters. The molecule has 0 fully saturated rings. The second-order valence-corrected chi connectivity index (χ2v) is 8.78. The topological polar surface area (TPSA) is 75.1 Å². The molecule has 8 heteroatoms. The lowest BCUT2D eigenvalue weighted by Gasteiger charge is -2.21. The highest BCUT2D eigenvalue weighted by Crippen LogP contribution is 2.34. The predicted octanol–water partition coefficient (Wildman–Crippen LogP) is 4.66. The summed E-state index contributed by atoms with van der Waals surface area (Å²) >= 11 is 0. The fraction of sp³-hybridized carbons (Fsp3) is 0.241. The molecule has 2 heterocycles. The Labute approximate surface area is 215 Å². The zero-order valence-electron chi connectivity index (χ0n) is 21.1. The Bertz CT molecular complexity index is 1400. The Morgan fingerprint density at radius 1 is 0.919 bits per heavy atom. The quantitative estimate of drug-likeness (QED) is 0.351.